The van der Waals surface area contributed by atoms with Crippen LogP contribution in [0.2, 0.25) is 0 Å². The van der Waals surface area contributed by atoms with E-state index in [1.807, 2.05) is 32.9 Å². The summed E-state index contributed by atoms with van der Waals surface area (Å²) in [6.45, 7) is 7.44. The van der Waals surface area contributed by atoms with E-state index in [0.717, 1.165) is 24.8 Å². The molecule has 1 aliphatic rings. The van der Waals surface area contributed by atoms with Crippen molar-refractivity contribution in [1.82, 2.24) is 29.6 Å². The molecular weight excluding hydrogens is 444 g/mol. The van der Waals surface area contributed by atoms with E-state index in [-0.39, 0.29) is 5.92 Å². The van der Waals surface area contributed by atoms with Crippen LogP contribution >= 0.6 is 0 Å². The predicted molar refractivity (Wildman–Crippen MR) is 126 cm³/mol. The number of fused-ring (bicyclic) bond motifs is 1. The molecule has 1 aliphatic heterocycles. The van der Waals surface area contributed by atoms with Crippen molar-refractivity contribution in [2.24, 2.45) is 5.92 Å². The lowest BCUT2D eigenvalue weighted by Gasteiger charge is -2.25. The van der Waals surface area contributed by atoms with Crippen LogP contribution in [-0.4, -0.2) is 47.3 Å². The fourth-order valence-electron chi connectivity index (χ4n) is 4.05. The minimum atomic E-state index is -3.44. The highest BCUT2D eigenvalue weighted by atomic mass is 32.2. The summed E-state index contributed by atoms with van der Waals surface area (Å²) >= 11 is 0. The second-order valence-electron chi connectivity index (χ2n) is 9.50. The Morgan fingerprint density at radius 3 is 2.55 bits per heavy atom. The first-order valence-electron chi connectivity index (χ1n) is 10.7. The van der Waals surface area contributed by atoms with Crippen molar-refractivity contribution in [3.63, 3.8) is 0 Å². The van der Waals surface area contributed by atoms with E-state index in [1.165, 1.54) is 16.8 Å². The van der Waals surface area contributed by atoms with E-state index < -0.39 is 32.7 Å². The molecule has 2 atom stereocenters. The molecule has 10 nitrogen and oxygen atoms in total. The summed E-state index contributed by atoms with van der Waals surface area (Å²) in [4.78, 5) is 35.7. The van der Waals surface area contributed by atoms with Gasteiger partial charge in [-0.3, -0.25) is 14.3 Å². The zero-order chi connectivity index (χ0) is 24.0. The summed E-state index contributed by atoms with van der Waals surface area (Å²) in [7, 11) is -3.44. The van der Waals surface area contributed by atoms with Gasteiger partial charge in [-0.25, -0.2) is 27.9 Å². The standard InChI is InChI=1S/C22H28N6O4S/c1-22(2,3)20-24-16-11-13(18(27-33(4,31)32)14-7-9-23-12-14)5-6-15(16)19(26-20)28-10-8-17(29)25-21(28)30/h5-6,8,10-11,14,18,23,27H,7,9,12H2,1-4H3,(H,25,29,30)/t14?,18-/m1/s1. The van der Waals surface area contributed by atoms with Gasteiger partial charge in [-0.1, -0.05) is 26.8 Å². The van der Waals surface area contributed by atoms with Crippen molar-refractivity contribution in [1.29, 1.82) is 0 Å². The van der Waals surface area contributed by atoms with Gasteiger partial charge >= 0.3 is 5.69 Å². The third-order valence-corrected chi connectivity index (χ3v) is 6.38. The van der Waals surface area contributed by atoms with Crippen LogP contribution in [0.25, 0.3) is 16.7 Å². The number of nitrogens with one attached hydrogen (secondary N) is 3. The molecule has 0 bridgehead atoms. The number of hydrogen-bond donors (Lipinski definition) is 3. The first kappa shape index (κ1) is 23.3. The van der Waals surface area contributed by atoms with Crippen molar-refractivity contribution < 1.29 is 8.42 Å². The normalized spacial score (nSPS) is 18.0. The molecule has 3 heterocycles. The second kappa shape index (κ2) is 8.47. The number of aromatic amines is 1. The molecule has 1 aromatic carbocycles. The van der Waals surface area contributed by atoms with E-state index in [1.54, 1.807) is 6.07 Å². The Bertz CT molecular complexity index is 1420. The summed E-state index contributed by atoms with van der Waals surface area (Å²) in [5.41, 5.74) is -0.121. The lowest BCUT2D eigenvalue weighted by molar-refractivity contribution is 0.432. The Hall–Kier alpha value is -2.89. The molecule has 1 fully saturated rings. The third-order valence-electron chi connectivity index (χ3n) is 5.69. The van der Waals surface area contributed by atoms with Crippen LogP contribution in [0.1, 0.15) is 44.6 Å². The van der Waals surface area contributed by atoms with Gasteiger partial charge < -0.3 is 5.32 Å². The maximum absolute atomic E-state index is 12.5. The monoisotopic (exact) mass is 472 g/mol. The van der Waals surface area contributed by atoms with Crippen LogP contribution in [0.5, 0.6) is 0 Å². The Balaban J connectivity index is 1.94. The minimum absolute atomic E-state index is 0.0994. The quantitative estimate of drug-likeness (QED) is 0.503. The number of nitrogens with zero attached hydrogens (tertiary/aromatic N) is 3. The molecule has 1 unspecified atom stereocenters. The van der Waals surface area contributed by atoms with E-state index in [9.17, 15) is 18.0 Å². The molecule has 176 valence electrons. The molecule has 33 heavy (non-hydrogen) atoms. The van der Waals surface area contributed by atoms with Crippen molar-refractivity contribution in [3.8, 4) is 5.82 Å². The van der Waals surface area contributed by atoms with E-state index in [2.05, 4.69) is 20.0 Å². The largest absolute Gasteiger partial charge is 0.334 e. The highest BCUT2D eigenvalue weighted by Gasteiger charge is 2.29. The highest BCUT2D eigenvalue weighted by molar-refractivity contribution is 7.88. The van der Waals surface area contributed by atoms with Crippen LogP contribution in [0.3, 0.4) is 0 Å². The van der Waals surface area contributed by atoms with Gasteiger partial charge in [0.2, 0.25) is 10.0 Å². The van der Waals surface area contributed by atoms with E-state index in [4.69, 9.17) is 4.98 Å². The first-order chi connectivity index (χ1) is 15.4. The Morgan fingerprint density at radius 1 is 1.18 bits per heavy atom. The van der Waals surface area contributed by atoms with Crippen LogP contribution < -0.4 is 21.3 Å². The average Bonchev–Trinajstić information content (AvgIpc) is 3.24. The van der Waals surface area contributed by atoms with Gasteiger partial charge in [0.05, 0.1) is 17.8 Å². The number of aromatic nitrogens is 4. The van der Waals surface area contributed by atoms with Gasteiger partial charge in [0.25, 0.3) is 5.56 Å². The lowest BCUT2D eigenvalue weighted by Crippen LogP contribution is -2.33. The van der Waals surface area contributed by atoms with Gasteiger partial charge in [0, 0.05) is 23.1 Å². The van der Waals surface area contributed by atoms with Crippen LogP contribution in [0.4, 0.5) is 0 Å². The fraction of sp³-hybridized carbons (Fsp3) is 0.455. The molecule has 3 aromatic rings. The summed E-state index contributed by atoms with van der Waals surface area (Å²) in [6, 6.07) is 6.34. The molecule has 0 saturated carbocycles. The molecule has 0 spiro atoms. The van der Waals surface area contributed by atoms with Crippen molar-refractivity contribution in [3.05, 3.63) is 62.7 Å². The van der Waals surface area contributed by atoms with Gasteiger partial charge in [0.15, 0.2) is 5.82 Å². The third kappa shape index (κ3) is 5.05. The highest BCUT2D eigenvalue weighted by Crippen LogP contribution is 2.31. The lowest BCUT2D eigenvalue weighted by atomic mass is 9.92. The number of sulfonamides is 1. The number of hydrogen-bond acceptors (Lipinski definition) is 7. The van der Waals surface area contributed by atoms with Gasteiger partial charge in [-0.15, -0.1) is 0 Å². The summed E-state index contributed by atoms with van der Waals surface area (Å²) < 4.78 is 28.3. The molecule has 11 heteroatoms. The molecule has 2 aromatic heterocycles. The number of H-pyrrole nitrogens is 1. The molecule has 0 amide bonds. The van der Waals surface area contributed by atoms with E-state index in [0.29, 0.717) is 29.1 Å². The van der Waals surface area contributed by atoms with Crippen molar-refractivity contribution in [2.75, 3.05) is 19.3 Å². The average molecular weight is 473 g/mol. The molecule has 3 N–H and O–H groups in total. The zero-order valence-electron chi connectivity index (χ0n) is 19.0. The Labute approximate surface area is 191 Å². The van der Waals surface area contributed by atoms with Crippen LogP contribution in [0.15, 0.2) is 40.1 Å². The minimum Gasteiger partial charge on any atom is -0.316 e. The SMILES string of the molecule is CC(C)(C)c1nc(-n2ccc(=O)[nH]c2=O)c2ccc([C@@H](NS(C)(=O)=O)C3CCNC3)cc2n1. The Morgan fingerprint density at radius 2 is 1.94 bits per heavy atom. The summed E-state index contributed by atoms with van der Waals surface area (Å²) in [5, 5.41) is 3.90. The Kier molecular flexibility index (Phi) is 5.97. The number of benzene rings is 1. The van der Waals surface area contributed by atoms with Gasteiger partial charge in [0.1, 0.15) is 5.82 Å². The summed E-state index contributed by atoms with van der Waals surface area (Å²) in [5.74, 6) is 0.977. The topological polar surface area (TPSA) is 139 Å². The fourth-order valence-corrected chi connectivity index (χ4v) is 4.84. The summed E-state index contributed by atoms with van der Waals surface area (Å²) in [6.07, 6.45) is 3.39. The molecule has 0 radical (unpaired) electrons. The maximum atomic E-state index is 12.5. The number of rotatable bonds is 5. The smallest absolute Gasteiger partial charge is 0.316 e. The van der Waals surface area contributed by atoms with Crippen LogP contribution in [0, 0.1) is 5.92 Å². The van der Waals surface area contributed by atoms with Crippen LogP contribution in [-0.2, 0) is 15.4 Å². The van der Waals surface area contributed by atoms with Gasteiger partial charge in [-0.2, -0.15) is 0 Å². The molecule has 1 saturated heterocycles. The van der Waals surface area contributed by atoms with Gasteiger partial charge in [-0.05, 0) is 43.1 Å². The van der Waals surface area contributed by atoms with E-state index >= 15 is 0 Å². The van der Waals surface area contributed by atoms with Crippen molar-refractivity contribution >= 4 is 20.9 Å². The first-order valence-corrected chi connectivity index (χ1v) is 12.6. The molecular formula is C22H28N6O4S. The maximum Gasteiger partial charge on any atom is 0.334 e. The zero-order valence-corrected chi connectivity index (χ0v) is 19.9. The molecule has 4 rings (SSSR count). The predicted octanol–water partition coefficient (Wildman–Crippen LogP) is 0.966. The van der Waals surface area contributed by atoms with Crippen molar-refractivity contribution in [2.45, 2.75) is 38.6 Å². The second-order valence-corrected chi connectivity index (χ2v) is 11.3. The molecule has 0 aliphatic carbocycles.